The first kappa shape index (κ1) is 10.3. The zero-order valence-electron chi connectivity index (χ0n) is 9.26. The van der Waals surface area contributed by atoms with Gasteiger partial charge < -0.3 is 5.11 Å². The molecular formula is C12H17NO3. The number of rotatable bonds is 3. The Morgan fingerprint density at radius 3 is 2.44 bits per heavy atom. The van der Waals surface area contributed by atoms with Crippen LogP contribution in [0.5, 0.6) is 0 Å². The maximum absolute atomic E-state index is 11.7. The van der Waals surface area contributed by atoms with Crippen LogP contribution in [0, 0.1) is 17.8 Å². The molecular weight excluding hydrogens is 206 g/mol. The van der Waals surface area contributed by atoms with Crippen molar-refractivity contribution in [3.05, 3.63) is 0 Å². The van der Waals surface area contributed by atoms with E-state index in [2.05, 4.69) is 0 Å². The molecule has 0 spiro atoms. The predicted molar refractivity (Wildman–Crippen MR) is 56.3 cm³/mol. The van der Waals surface area contributed by atoms with Crippen LogP contribution in [0.25, 0.3) is 0 Å². The predicted octanol–water partition coefficient (Wildman–Crippen LogP) is 0.542. The molecule has 88 valence electrons. The van der Waals surface area contributed by atoms with Crippen molar-refractivity contribution in [2.75, 3.05) is 6.54 Å². The highest BCUT2D eigenvalue weighted by Gasteiger charge is 2.58. The van der Waals surface area contributed by atoms with E-state index in [9.17, 15) is 14.7 Å². The van der Waals surface area contributed by atoms with Crippen LogP contribution in [0.2, 0.25) is 0 Å². The number of hydrogen-bond acceptors (Lipinski definition) is 3. The van der Waals surface area contributed by atoms with Crippen molar-refractivity contribution in [1.82, 2.24) is 4.90 Å². The van der Waals surface area contributed by atoms with Gasteiger partial charge in [-0.15, -0.1) is 0 Å². The molecule has 0 aromatic heterocycles. The molecule has 1 heterocycles. The van der Waals surface area contributed by atoms with Crippen molar-refractivity contribution in [3.63, 3.8) is 0 Å². The molecule has 0 aromatic carbocycles. The second-order valence-corrected chi connectivity index (χ2v) is 5.32. The smallest absolute Gasteiger partial charge is 0.233 e. The molecule has 4 unspecified atom stereocenters. The summed E-state index contributed by atoms with van der Waals surface area (Å²) in [4.78, 5) is 24.8. The maximum Gasteiger partial charge on any atom is 0.233 e. The monoisotopic (exact) mass is 223 g/mol. The molecule has 1 saturated heterocycles. The Bertz CT molecular complexity index is 321. The largest absolute Gasteiger partial charge is 0.393 e. The molecule has 4 nitrogen and oxygen atoms in total. The quantitative estimate of drug-likeness (QED) is 0.710. The second-order valence-electron chi connectivity index (χ2n) is 5.32. The Balaban J connectivity index is 1.55. The SMILES string of the molecule is O=C1C2CC2C(=O)N1CCC1CCCC1O. The molecule has 2 saturated carbocycles. The average Bonchev–Trinajstić information content (AvgIpc) is 2.91. The third-order valence-electron chi connectivity index (χ3n) is 4.30. The van der Waals surface area contributed by atoms with E-state index in [0.717, 1.165) is 32.1 Å². The van der Waals surface area contributed by atoms with E-state index >= 15 is 0 Å². The van der Waals surface area contributed by atoms with Crippen molar-refractivity contribution in [2.45, 2.75) is 38.2 Å². The van der Waals surface area contributed by atoms with Gasteiger partial charge >= 0.3 is 0 Å². The lowest BCUT2D eigenvalue weighted by molar-refractivity contribution is -0.141. The van der Waals surface area contributed by atoms with E-state index in [4.69, 9.17) is 0 Å². The molecule has 3 rings (SSSR count). The van der Waals surface area contributed by atoms with Crippen LogP contribution < -0.4 is 0 Å². The fourth-order valence-corrected chi connectivity index (χ4v) is 3.12. The number of likely N-dealkylation sites (tertiary alicyclic amines) is 1. The number of imide groups is 1. The first-order valence-electron chi connectivity index (χ1n) is 6.22. The van der Waals surface area contributed by atoms with Crippen LogP contribution >= 0.6 is 0 Å². The Morgan fingerprint density at radius 1 is 1.19 bits per heavy atom. The summed E-state index contributed by atoms with van der Waals surface area (Å²) in [6.45, 7) is 0.520. The van der Waals surface area contributed by atoms with Gasteiger partial charge in [0.2, 0.25) is 11.8 Å². The number of amides is 2. The summed E-state index contributed by atoms with van der Waals surface area (Å²) >= 11 is 0. The normalized spacial score (nSPS) is 41.7. The molecule has 3 fully saturated rings. The van der Waals surface area contributed by atoms with E-state index in [1.54, 1.807) is 0 Å². The molecule has 0 aromatic rings. The topological polar surface area (TPSA) is 57.6 Å². The third kappa shape index (κ3) is 1.47. The molecule has 2 aliphatic carbocycles. The van der Waals surface area contributed by atoms with Gasteiger partial charge in [0, 0.05) is 6.54 Å². The van der Waals surface area contributed by atoms with Gasteiger partial charge in [0.25, 0.3) is 0 Å². The number of carbonyl (C=O) groups excluding carboxylic acids is 2. The molecule has 16 heavy (non-hydrogen) atoms. The lowest BCUT2D eigenvalue weighted by Gasteiger charge is -2.20. The van der Waals surface area contributed by atoms with E-state index < -0.39 is 0 Å². The minimum absolute atomic E-state index is 0.0148. The van der Waals surface area contributed by atoms with Gasteiger partial charge in [-0.05, 0) is 31.6 Å². The summed E-state index contributed by atoms with van der Waals surface area (Å²) < 4.78 is 0. The van der Waals surface area contributed by atoms with E-state index in [1.165, 1.54) is 4.90 Å². The molecule has 4 atom stereocenters. The van der Waals surface area contributed by atoms with E-state index in [1.807, 2.05) is 0 Å². The Kier molecular flexibility index (Phi) is 2.28. The van der Waals surface area contributed by atoms with Crippen LogP contribution in [0.3, 0.4) is 0 Å². The van der Waals surface area contributed by atoms with Gasteiger partial charge in [0.05, 0.1) is 17.9 Å². The minimum Gasteiger partial charge on any atom is -0.393 e. The highest BCUT2D eigenvalue weighted by molar-refractivity contribution is 6.08. The third-order valence-corrected chi connectivity index (χ3v) is 4.30. The number of piperidine rings is 1. The van der Waals surface area contributed by atoms with Gasteiger partial charge in [-0.2, -0.15) is 0 Å². The molecule has 3 aliphatic rings. The summed E-state index contributed by atoms with van der Waals surface area (Å²) in [5.74, 6) is 0.379. The standard InChI is InChI=1S/C12H17NO3/c14-10-3-1-2-7(10)4-5-13-11(15)8-6-9(8)12(13)16/h7-10,14H,1-6H2. The van der Waals surface area contributed by atoms with Crippen LogP contribution in [0.1, 0.15) is 32.1 Å². The van der Waals surface area contributed by atoms with Crippen molar-refractivity contribution in [1.29, 1.82) is 0 Å². The van der Waals surface area contributed by atoms with Crippen LogP contribution in [0.15, 0.2) is 0 Å². The van der Waals surface area contributed by atoms with Crippen molar-refractivity contribution < 1.29 is 14.7 Å². The Labute approximate surface area is 94.6 Å². The molecule has 0 bridgehead atoms. The van der Waals surface area contributed by atoms with Crippen molar-refractivity contribution >= 4 is 11.8 Å². The lowest BCUT2D eigenvalue weighted by Crippen LogP contribution is -2.35. The van der Waals surface area contributed by atoms with Crippen molar-refractivity contribution in [2.24, 2.45) is 17.8 Å². The minimum atomic E-state index is -0.220. The maximum atomic E-state index is 11.7. The fourth-order valence-electron chi connectivity index (χ4n) is 3.12. The summed E-state index contributed by atoms with van der Waals surface area (Å²) in [5.41, 5.74) is 0. The zero-order chi connectivity index (χ0) is 11.3. The summed E-state index contributed by atoms with van der Waals surface area (Å²) in [5, 5.41) is 9.67. The second kappa shape index (κ2) is 3.55. The van der Waals surface area contributed by atoms with Gasteiger partial charge in [0.1, 0.15) is 0 Å². The molecule has 0 radical (unpaired) electrons. The Morgan fingerprint density at radius 2 is 1.88 bits per heavy atom. The van der Waals surface area contributed by atoms with Gasteiger partial charge in [-0.25, -0.2) is 0 Å². The average molecular weight is 223 g/mol. The van der Waals surface area contributed by atoms with Crippen LogP contribution in [0.4, 0.5) is 0 Å². The lowest BCUT2D eigenvalue weighted by atomic mass is 10.0. The molecule has 4 heteroatoms. The van der Waals surface area contributed by atoms with E-state index in [-0.39, 0.29) is 35.7 Å². The first-order chi connectivity index (χ1) is 7.68. The van der Waals surface area contributed by atoms with Crippen molar-refractivity contribution in [3.8, 4) is 0 Å². The van der Waals surface area contributed by atoms with E-state index in [0.29, 0.717) is 6.54 Å². The Hall–Kier alpha value is -0.900. The summed E-state index contributed by atoms with van der Waals surface area (Å²) in [6, 6.07) is 0. The highest BCUT2D eigenvalue weighted by atomic mass is 16.3. The first-order valence-corrected chi connectivity index (χ1v) is 6.22. The molecule has 1 aliphatic heterocycles. The van der Waals surface area contributed by atoms with Crippen LogP contribution in [-0.2, 0) is 9.59 Å². The highest BCUT2D eigenvalue weighted by Crippen LogP contribution is 2.47. The molecule has 1 N–H and O–H groups in total. The number of hydrogen-bond donors (Lipinski definition) is 1. The summed E-state index contributed by atoms with van der Waals surface area (Å²) in [7, 11) is 0. The van der Waals surface area contributed by atoms with Gasteiger partial charge in [-0.1, -0.05) is 6.42 Å². The number of aliphatic hydroxyl groups excluding tert-OH is 1. The number of fused-ring (bicyclic) bond motifs is 1. The summed E-state index contributed by atoms with van der Waals surface area (Å²) in [6.07, 6.45) is 4.31. The number of aliphatic hydroxyl groups is 1. The zero-order valence-corrected chi connectivity index (χ0v) is 9.26. The van der Waals surface area contributed by atoms with Gasteiger partial charge in [-0.3, -0.25) is 14.5 Å². The van der Waals surface area contributed by atoms with Gasteiger partial charge in [0.15, 0.2) is 0 Å². The molecule has 2 amide bonds. The number of carbonyl (C=O) groups is 2. The number of nitrogens with zero attached hydrogens (tertiary/aromatic N) is 1. The fraction of sp³-hybridized carbons (Fsp3) is 0.833. The van der Waals surface area contributed by atoms with Crippen LogP contribution in [-0.4, -0.2) is 34.5 Å².